The summed E-state index contributed by atoms with van der Waals surface area (Å²) in [7, 11) is 2.80. The SMILES string of the molecule is COC(=O)CCN(C)C(=O)c1cnc2sccn2c1=O. The highest BCUT2D eigenvalue weighted by Gasteiger charge is 2.18. The molecule has 2 aromatic rings. The predicted octanol–water partition coefficient (Wildman–Crippen LogP) is 0.391. The molecule has 8 heteroatoms. The van der Waals surface area contributed by atoms with Crippen molar-refractivity contribution in [2.45, 2.75) is 6.42 Å². The third kappa shape index (κ3) is 2.69. The van der Waals surface area contributed by atoms with E-state index in [1.54, 1.807) is 11.6 Å². The van der Waals surface area contributed by atoms with Gasteiger partial charge >= 0.3 is 5.97 Å². The fourth-order valence-corrected chi connectivity index (χ4v) is 2.31. The molecule has 0 radical (unpaired) electrons. The topological polar surface area (TPSA) is 81.0 Å². The Morgan fingerprint density at radius 3 is 2.95 bits per heavy atom. The van der Waals surface area contributed by atoms with E-state index in [1.165, 1.54) is 41.0 Å². The van der Waals surface area contributed by atoms with Crippen molar-refractivity contribution in [1.29, 1.82) is 0 Å². The first-order valence-corrected chi connectivity index (χ1v) is 6.69. The van der Waals surface area contributed by atoms with Gasteiger partial charge in [-0.05, 0) is 0 Å². The van der Waals surface area contributed by atoms with E-state index in [0.29, 0.717) is 4.96 Å². The number of hydrogen-bond donors (Lipinski definition) is 0. The molecule has 0 saturated heterocycles. The van der Waals surface area contributed by atoms with Gasteiger partial charge in [0, 0.05) is 31.4 Å². The van der Waals surface area contributed by atoms with Crippen molar-refractivity contribution in [3.8, 4) is 0 Å². The zero-order valence-corrected chi connectivity index (χ0v) is 11.8. The van der Waals surface area contributed by atoms with Gasteiger partial charge in [0.15, 0.2) is 4.96 Å². The van der Waals surface area contributed by atoms with Gasteiger partial charge in [-0.1, -0.05) is 0 Å². The van der Waals surface area contributed by atoms with Crippen molar-refractivity contribution in [2.24, 2.45) is 0 Å². The van der Waals surface area contributed by atoms with E-state index in [-0.39, 0.29) is 18.5 Å². The quantitative estimate of drug-likeness (QED) is 0.762. The number of amides is 1. The number of carbonyl (C=O) groups is 2. The number of carbonyl (C=O) groups excluding carboxylic acids is 2. The van der Waals surface area contributed by atoms with Crippen molar-refractivity contribution >= 4 is 28.2 Å². The van der Waals surface area contributed by atoms with E-state index < -0.39 is 17.4 Å². The summed E-state index contributed by atoms with van der Waals surface area (Å²) in [6.07, 6.45) is 2.92. The third-order valence-electron chi connectivity index (χ3n) is 2.80. The van der Waals surface area contributed by atoms with E-state index in [2.05, 4.69) is 9.72 Å². The second kappa shape index (κ2) is 5.83. The molecule has 7 nitrogen and oxygen atoms in total. The van der Waals surface area contributed by atoms with Gasteiger partial charge in [0.05, 0.1) is 13.5 Å². The van der Waals surface area contributed by atoms with E-state index in [0.717, 1.165) is 0 Å². The minimum absolute atomic E-state index is 0.0201. The largest absolute Gasteiger partial charge is 0.469 e. The molecule has 0 saturated carbocycles. The van der Waals surface area contributed by atoms with Gasteiger partial charge in [-0.25, -0.2) is 4.98 Å². The normalized spacial score (nSPS) is 10.5. The Morgan fingerprint density at radius 1 is 1.50 bits per heavy atom. The van der Waals surface area contributed by atoms with Crippen LogP contribution in [0.1, 0.15) is 16.8 Å². The molecule has 2 rings (SSSR count). The lowest BCUT2D eigenvalue weighted by molar-refractivity contribution is -0.140. The molecular formula is C12H13N3O4S. The number of nitrogens with zero attached hydrogens (tertiary/aromatic N) is 3. The summed E-state index contributed by atoms with van der Waals surface area (Å²) in [5.41, 5.74) is -0.431. The summed E-state index contributed by atoms with van der Waals surface area (Å²) in [5, 5.41) is 1.72. The molecule has 1 amide bonds. The maximum atomic E-state index is 12.2. The Morgan fingerprint density at radius 2 is 2.25 bits per heavy atom. The molecule has 0 bridgehead atoms. The second-order valence-corrected chi connectivity index (χ2v) is 4.96. The van der Waals surface area contributed by atoms with Gasteiger partial charge in [-0.3, -0.25) is 18.8 Å². The Bertz CT molecular complexity index is 706. The molecule has 0 spiro atoms. The number of ether oxygens (including phenoxy) is 1. The minimum atomic E-state index is -0.466. The zero-order chi connectivity index (χ0) is 14.7. The Hall–Kier alpha value is -2.22. The van der Waals surface area contributed by atoms with Gasteiger partial charge in [-0.2, -0.15) is 0 Å². The van der Waals surface area contributed by atoms with Crippen LogP contribution in [0.4, 0.5) is 0 Å². The van der Waals surface area contributed by atoms with Crippen LogP contribution < -0.4 is 5.56 Å². The van der Waals surface area contributed by atoms with Crippen LogP contribution in [-0.2, 0) is 9.53 Å². The van der Waals surface area contributed by atoms with Gasteiger partial charge in [-0.15, -0.1) is 11.3 Å². The van der Waals surface area contributed by atoms with E-state index >= 15 is 0 Å². The number of hydrogen-bond acceptors (Lipinski definition) is 6. The predicted molar refractivity (Wildman–Crippen MR) is 72.9 cm³/mol. The lowest BCUT2D eigenvalue weighted by atomic mass is 10.3. The molecule has 106 valence electrons. The van der Waals surface area contributed by atoms with Crippen LogP contribution in [-0.4, -0.2) is 46.9 Å². The van der Waals surface area contributed by atoms with Crippen LogP contribution in [0.2, 0.25) is 0 Å². The number of fused-ring (bicyclic) bond motifs is 1. The first-order valence-electron chi connectivity index (χ1n) is 5.81. The lowest BCUT2D eigenvalue weighted by Gasteiger charge is -2.15. The van der Waals surface area contributed by atoms with Gasteiger partial charge in [0.2, 0.25) is 0 Å². The first kappa shape index (κ1) is 14.2. The van der Waals surface area contributed by atoms with Crippen molar-refractivity contribution in [3.63, 3.8) is 0 Å². The lowest BCUT2D eigenvalue weighted by Crippen LogP contribution is -2.34. The van der Waals surface area contributed by atoms with Crippen LogP contribution in [0.5, 0.6) is 0 Å². The van der Waals surface area contributed by atoms with Crippen LogP contribution in [0, 0.1) is 0 Å². The number of aromatic nitrogens is 2. The number of esters is 1. The monoisotopic (exact) mass is 295 g/mol. The molecule has 2 heterocycles. The van der Waals surface area contributed by atoms with Crippen LogP contribution in [0.15, 0.2) is 22.6 Å². The Labute approximate surface area is 118 Å². The van der Waals surface area contributed by atoms with Gasteiger partial charge in [0.1, 0.15) is 5.56 Å². The number of rotatable bonds is 4. The van der Waals surface area contributed by atoms with E-state index in [9.17, 15) is 14.4 Å². The summed E-state index contributed by atoms with van der Waals surface area (Å²) in [5.74, 6) is -0.875. The van der Waals surface area contributed by atoms with E-state index in [4.69, 9.17) is 0 Å². The van der Waals surface area contributed by atoms with Crippen LogP contribution >= 0.6 is 11.3 Å². The van der Waals surface area contributed by atoms with Crippen LogP contribution in [0.25, 0.3) is 4.96 Å². The average molecular weight is 295 g/mol. The summed E-state index contributed by atoms with van der Waals surface area (Å²) in [4.78, 5) is 41.2. The van der Waals surface area contributed by atoms with Crippen molar-refractivity contribution in [2.75, 3.05) is 20.7 Å². The Balaban J connectivity index is 2.20. The molecule has 0 N–H and O–H groups in total. The summed E-state index contributed by atoms with van der Waals surface area (Å²) < 4.78 is 5.83. The molecule has 0 aliphatic carbocycles. The first-order chi connectivity index (χ1) is 9.54. The zero-order valence-electron chi connectivity index (χ0n) is 11.0. The summed E-state index contributed by atoms with van der Waals surface area (Å²) in [6, 6.07) is 0. The van der Waals surface area contributed by atoms with Crippen molar-refractivity contribution < 1.29 is 14.3 Å². The molecule has 0 aromatic carbocycles. The van der Waals surface area contributed by atoms with Gasteiger partial charge < -0.3 is 9.64 Å². The smallest absolute Gasteiger partial charge is 0.307 e. The highest BCUT2D eigenvalue weighted by Crippen LogP contribution is 2.07. The molecule has 0 unspecified atom stereocenters. The molecular weight excluding hydrogens is 282 g/mol. The molecule has 20 heavy (non-hydrogen) atoms. The molecule has 0 aliphatic rings. The minimum Gasteiger partial charge on any atom is -0.469 e. The third-order valence-corrected chi connectivity index (χ3v) is 3.57. The van der Waals surface area contributed by atoms with Crippen molar-refractivity contribution in [3.05, 3.63) is 33.7 Å². The second-order valence-electron chi connectivity index (χ2n) is 4.09. The highest BCUT2D eigenvalue weighted by atomic mass is 32.1. The summed E-state index contributed by atoms with van der Waals surface area (Å²) in [6.45, 7) is 0.178. The highest BCUT2D eigenvalue weighted by molar-refractivity contribution is 7.15. The van der Waals surface area contributed by atoms with Gasteiger partial charge in [0.25, 0.3) is 11.5 Å². The molecule has 2 aromatic heterocycles. The number of methoxy groups -OCH3 is 1. The molecule has 0 fully saturated rings. The number of thiazole rings is 1. The fraction of sp³-hybridized carbons (Fsp3) is 0.333. The maximum Gasteiger partial charge on any atom is 0.307 e. The van der Waals surface area contributed by atoms with Crippen molar-refractivity contribution in [1.82, 2.24) is 14.3 Å². The maximum absolute atomic E-state index is 12.2. The van der Waals surface area contributed by atoms with E-state index in [1.807, 2.05) is 0 Å². The average Bonchev–Trinajstić information content (AvgIpc) is 2.93. The summed E-state index contributed by atoms with van der Waals surface area (Å²) >= 11 is 1.31. The fourth-order valence-electron chi connectivity index (χ4n) is 1.64. The van der Waals surface area contributed by atoms with Crippen LogP contribution in [0.3, 0.4) is 0 Å². The standard InChI is InChI=1S/C12H13N3O4S/c1-14(4-3-9(16)19-2)10(17)8-7-13-12-15(11(8)18)5-6-20-12/h5-7H,3-4H2,1-2H3. The Kier molecular flexibility index (Phi) is 4.14. The molecule has 0 atom stereocenters. The molecule has 0 aliphatic heterocycles.